The van der Waals surface area contributed by atoms with E-state index in [1.807, 2.05) is 30.3 Å². The van der Waals surface area contributed by atoms with Crippen molar-refractivity contribution in [1.29, 1.82) is 0 Å². The minimum Gasteiger partial charge on any atom is -0.315 e. The van der Waals surface area contributed by atoms with E-state index in [4.69, 9.17) is 12.2 Å². The Balaban J connectivity index is 2.71. The highest BCUT2D eigenvalue weighted by atomic mass is 16.1. The van der Waals surface area contributed by atoms with Gasteiger partial charge in [0.05, 0.1) is 5.54 Å². The normalized spacial score (nSPS) is 13.8. The van der Waals surface area contributed by atoms with Gasteiger partial charge in [-0.1, -0.05) is 30.3 Å². The van der Waals surface area contributed by atoms with E-state index in [0.717, 1.165) is 5.56 Å². The fourth-order valence-corrected chi connectivity index (χ4v) is 1.56. The highest BCUT2D eigenvalue weighted by Crippen LogP contribution is 2.20. The largest absolute Gasteiger partial charge is 0.315 e. The van der Waals surface area contributed by atoms with E-state index in [9.17, 15) is 4.79 Å². The van der Waals surface area contributed by atoms with E-state index in [-0.39, 0.29) is 5.78 Å². The van der Waals surface area contributed by atoms with Crippen molar-refractivity contribution < 1.29 is 4.79 Å². The summed E-state index contributed by atoms with van der Waals surface area (Å²) in [7, 11) is 0. The van der Waals surface area contributed by atoms with Crippen LogP contribution in [0.1, 0.15) is 31.7 Å². The van der Waals surface area contributed by atoms with Crippen LogP contribution in [0.25, 0.3) is 0 Å². The molecule has 0 fully saturated rings. The third-order valence-electron chi connectivity index (χ3n) is 2.68. The minimum absolute atomic E-state index is 0.0361. The molecule has 2 N–H and O–H groups in total. The Morgan fingerprint density at radius 3 is 2.62 bits per heavy atom. The zero-order valence-corrected chi connectivity index (χ0v) is 9.57. The van der Waals surface area contributed by atoms with Crippen molar-refractivity contribution >= 4 is 5.78 Å². The Hall–Kier alpha value is -1.59. The van der Waals surface area contributed by atoms with Crippen molar-refractivity contribution in [2.45, 2.75) is 31.7 Å². The molecule has 0 saturated heterocycles. The van der Waals surface area contributed by atoms with Gasteiger partial charge >= 0.3 is 0 Å². The molecule has 2 heteroatoms. The molecule has 0 saturated carbocycles. The van der Waals surface area contributed by atoms with Gasteiger partial charge in [0.25, 0.3) is 0 Å². The Bertz CT molecular complexity index is 387. The van der Waals surface area contributed by atoms with Crippen LogP contribution < -0.4 is 5.73 Å². The van der Waals surface area contributed by atoms with Gasteiger partial charge in [-0.3, -0.25) is 4.79 Å². The van der Waals surface area contributed by atoms with Gasteiger partial charge in [-0.2, -0.15) is 0 Å². The van der Waals surface area contributed by atoms with E-state index in [1.165, 1.54) is 0 Å². The molecule has 0 bridgehead atoms. The summed E-state index contributed by atoms with van der Waals surface area (Å²) in [6, 6.07) is 9.42. The molecule has 84 valence electrons. The summed E-state index contributed by atoms with van der Waals surface area (Å²) in [5, 5.41) is 0. The summed E-state index contributed by atoms with van der Waals surface area (Å²) >= 11 is 0. The molecule has 2 nitrogen and oxygen atoms in total. The summed E-state index contributed by atoms with van der Waals surface area (Å²) < 4.78 is 0. The maximum Gasteiger partial charge on any atom is 0.156 e. The fraction of sp³-hybridized carbons (Fsp3) is 0.357. The van der Waals surface area contributed by atoms with E-state index in [1.54, 1.807) is 6.92 Å². The van der Waals surface area contributed by atoms with Gasteiger partial charge in [0.1, 0.15) is 0 Å². The molecule has 1 unspecified atom stereocenters. The quantitative estimate of drug-likeness (QED) is 0.604. The number of ketones is 1. The van der Waals surface area contributed by atoms with Gasteiger partial charge in [0.2, 0.25) is 0 Å². The molecule has 0 aliphatic rings. The highest BCUT2D eigenvalue weighted by molar-refractivity contribution is 5.88. The summed E-state index contributed by atoms with van der Waals surface area (Å²) in [5.74, 6) is 2.56. The molecule has 0 aromatic heterocycles. The average molecular weight is 215 g/mol. The second-order valence-electron chi connectivity index (χ2n) is 4.05. The Labute approximate surface area is 96.9 Å². The molecule has 1 atom stereocenters. The molecule has 16 heavy (non-hydrogen) atoms. The Morgan fingerprint density at radius 2 is 2.06 bits per heavy atom. The third-order valence-corrected chi connectivity index (χ3v) is 2.68. The smallest absolute Gasteiger partial charge is 0.156 e. The van der Waals surface area contributed by atoms with Crippen molar-refractivity contribution in [3.8, 4) is 12.3 Å². The SMILES string of the molecule is C#CCCCC(=O)C(C)(N)c1ccccc1. The Kier molecular flexibility index (Phi) is 4.28. The van der Waals surface area contributed by atoms with Crippen molar-refractivity contribution in [2.75, 3.05) is 0 Å². The van der Waals surface area contributed by atoms with Crippen molar-refractivity contribution in [3.05, 3.63) is 35.9 Å². The Morgan fingerprint density at radius 1 is 1.44 bits per heavy atom. The molecular formula is C14H17NO. The van der Waals surface area contributed by atoms with Gasteiger partial charge in [-0.15, -0.1) is 12.3 Å². The van der Waals surface area contributed by atoms with Crippen molar-refractivity contribution in [1.82, 2.24) is 0 Å². The first kappa shape index (κ1) is 12.5. The van der Waals surface area contributed by atoms with Crippen molar-refractivity contribution in [3.63, 3.8) is 0 Å². The van der Waals surface area contributed by atoms with Gasteiger partial charge in [0, 0.05) is 12.8 Å². The number of rotatable bonds is 5. The first-order valence-corrected chi connectivity index (χ1v) is 5.40. The summed E-state index contributed by atoms with van der Waals surface area (Å²) in [5.41, 5.74) is 6.00. The van der Waals surface area contributed by atoms with Crippen LogP contribution in [0.15, 0.2) is 30.3 Å². The first-order chi connectivity index (χ1) is 7.59. The maximum absolute atomic E-state index is 11.9. The average Bonchev–Trinajstić information content (AvgIpc) is 2.30. The molecule has 1 rings (SSSR count). The van der Waals surface area contributed by atoms with Crippen LogP contribution in [-0.2, 0) is 10.3 Å². The third kappa shape index (κ3) is 2.95. The zero-order valence-electron chi connectivity index (χ0n) is 9.57. The standard InChI is InChI=1S/C14H17NO/c1-3-4-6-11-13(16)14(2,15)12-9-7-5-8-10-12/h1,5,7-10H,4,6,11,15H2,2H3. The number of hydrogen-bond acceptors (Lipinski definition) is 2. The van der Waals surface area contributed by atoms with Crippen LogP contribution in [0.4, 0.5) is 0 Å². The van der Waals surface area contributed by atoms with Crippen LogP contribution in [0.3, 0.4) is 0 Å². The summed E-state index contributed by atoms with van der Waals surface area (Å²) in [4.78, 5) is 11.9. The number of Topliss-reactive ketones (excluding diaryl/α,β-unsaturated/α-hetero) is 1. The van der Waals surface area contributed by atoms with E-state index < -0.39 is 5.54 Å². The molecule has 0 aliphatic heterocycles. The highest BCUT2D eigenvalue weighted by Gasteiger charge is 2.28. The number of hydrogen-bond donors (Lipinski definition) is 1. The molecule has 0 amide bonds. The molecule has 1 aromatic carbocycles. The summed E-state index contributed by atoms with van der Waals surface area (Å²) in [6.45, 7) is 1.75. The van der Waals surface area contributed by atoms with E-state index in [2.05, 4.69) is 5.92 Å². The molecule has 0 radical (unpaired) electrons. The fourth-order valence-electron chi connectivity index (χ4n) is 1.56. The van der Waals surface area contributed by atoms with E-state index in [0.29, 0.717) is 19.3 Å². The molecule has 0 spiro atoms. The zero-order chi connectivity index (χ0) is 12.0. The van der Waals surface area contributed by atoms with Crippen LogP contribution in [0, 0.1) is 12.3 Å². The van der Waals surface area contributed by atoms with E-state index >= 15 is 0 Å². The number of unbranched alkanes of at least 4 members (excludes halogenated alkanes) is 1. The minimum atomic E-state index is -0.907. The maximum atomic E-state index is 11.9. The van der Waals surface area contributed by atoms with Gasteiger partial charge in [-0.05, 0) is 18.9 Å². The number of terminal acetylenes is 1. The van der Waals surface area contributed by atoms with Gasteiger partial charge < -0.3 is 5.73 Å². The lowest BCUT2D eigenvalue weighted by molar-refractivity contribution is -0.124. The molecular weight excluding hydrogens is 198 g/mol. The topological polar surface area (TPSA) is 43.1 Å². The second-order valence-corrected chi connectivity index (χ2v) is 4.05. The second kappa shape index (κ2) is 5.48. The van der Waals surface area contributed by atoms with Gasteiger partial charge in [0.15, 0.2) is 5.78 Å². The van der Waals surface area contributed by atoms with Crippen molar-refractivity contribution in [2.24, 2.45) is 5.73 Å². The predicted octanol–water partition coefficient (Wildman–Crippen LogP) is 2.23. The number of benzene rings is 1. The molecule has 0 heterocycles. The lowest BCUT2D eigenvalue weighted by Gasteiger charge is -2.23. The number of carbonyl (C=O) groups is 1. The van der Waals surface area contributed by atoms with Crippen LogP contribution in [-0.4, -0.2) is 5.78 Å². The van der Waals surface area contributed by atoms with Gasteiger partial charge in [-0.25, -0.2) is 0 Å². The number of carbonyl (C=O) groups excluding carboxylic acids is 1. The molecule has 0 aliphatic carbocycles. The molecule has 1 aromatic rings. The first-order valence-electron chi connectivity index (χ1n) is 5.40. The lowest BCUT2D eigenvalue weighted by Crippen LogP contribution is -2.41. The predicted molar refractivity (Wildman–Crippen MR) is 65.7 cm³/mol. The monoisotopic (exact) mass is 215 g/mol. The van der Waals surface area contributed by atoms with Crippen LogP contribution >= 0.6 is 0 Å². The van der Waals surface area contributed by atoms with Crippen LogP contribution in [0.2, 0.25) is 0 Å². The van der Waals surface area contributed by atoms with Crippen LogP contribution in [0.5, 0.6) is 0 Å². The lowest BCUT2D eigenvalue weighted by atomic mass is 9.86. The summed E-state index contributed by atoms with van der Waals surface area (Å²) in [6.07, 6.45) is 6.90. The number of nitrogens with two attached hydrogens (primary N) is 1.